The van der Waals surface area contributed by atoms with Crippen LogP contribution in [0.5, 0.6) is 0 Å². The number of ether oxygens (including phenoxy) is 1. The number of esters is 1. The Morgan fingerprint density at radius 2 is 1.80 bits per heavy atom. The van der Waals surface area contributed by atoms with Gasteiger partial charge in [-0.2, -0.15) is 0 Å². The van der Waals surface area contributed by atoms with Crippen molar-refractivity contribution >= 4 is 40.1 Å². The molecule has 5 nitrogen and oxygen atoms in total. The zero-order valence-corrected chi connectivity index (χ0v) is 15.6. The zero-order chi connectivity index (χ0) is 18.2. The van der Waals surface area contributed by atoms with Gasteiger partial charge < -0.3 is 10.1 Å². The van der Waals surface area contributed by atoms with Crippen LogP contribution in [0.25, 0.3) is 0 Å². The van der Waals surface area contributed by atoms with Gasteiger partial charge in [-0.1, -0.05) is 19.1 Å². The number of benzene rings is 2. The van der Waals surface area contributed by atoms with E-state index in [-0.39, 0.29) is 5.56 Å². The summed E-state index contributed by atoms with van der Waals surface area (Å²) in [7, 11) is -1.27. The van der Waals surface area contributed by atoms with Crippen LogP contribution < -0.4 is 5.32 Å². The largest absolute Gasteiger partial charge is 0.452 e. The quantitative estimate of drug-likeness (QED) is 0.592. The molecule has 0 aliphatic heterocycles. The van der Waals surface area contributed by atoms with Gasteiger partial charge in [0.25, 0.3) is 5.91 Å². The lowest BCUT2D eigenvalue weighted by Crippen LogP contribution is -2.21. The molecule has 0 spiro atoms. The maximum atomic E-state index is 12.2. The van der Waals surface area contributed by atoms with Gasteiger partial charge in [0.2, 0.25) is 0 Å². The van der Waals surface area contributed by atoms with E-state index in [9.17, 15) is 13.8 Å². The fourth-order valence-corrected chi connectivity index (χ4v) is 3.42. The van der Waals surface area contributed by atoms with E-state index in [0.29, 0.717) is 16.3 Å². The first kappa shape index (κ1) is 19.2. The Labute approximate surface area is 153 Å². The maximum absolute atomic E-state index is 12.2. The van der Waals surface area contributed by atoms with Gasteiger partial charge in [-0.15, -0.1) is 11.8 Å². The van der Waals surface area contributed by atoms with E-state index in [1.54, 1.807) is 55.1 Å². The summed E-state index contributed by atoms with van der Waals surface area (Å²) in [6.07, 6.45) is 1.97. The molecule has 2 aromatic rings. The average Bonchev–Trinajstić information content (AvgIpc) is 2.66. The first-order valence-electron chi connectivity index (χ1n) is 7.63. The van der Waals surface area contributed by atoms with Gasteiger partial charge >= 0.3 is 5.97 Å². The van der Waals surface area contributed by atoms with E-state index in [0.717, 1.165) is 4.90 Å². The van der Waals surface area contributed by atoms with E-state index >= 15 is 0 Å². The molecule has 1 unspecified atom stereocenters. The highest BCUT2D eigenvalue weighted by molar-refractivity contribution is 7.98. The number of thioether (sulfide) groups is 1. The third kappa shape index (κ3) is 5.44. The molecular weight excluding hydrogens is 358 g/mol. The number of hydrogen-bond acceptors (Lipinski definition) is 5. The van der Waals surface area contributed by atoms with Crippen LogP contribution in [0, 0.1) is 0 Å². The van der Waals surface area contributed by atoms with Crippen molar-refractivity contribution in [2.24, 2.45) is 0 Å². The van der Waals surface area contributed by atoms with Crippen LogP contribution in [0.1, 0.15) is 17.3 Å². The lowest BCUT2D eigenvalue weighted by Gasteiger charge is -2.09. The van der Waals surface area contributed by atoms with E-state index in [2.05, 4.69) is 5.32 Å². The van der Waals surface area contributed by atoms with Gasteiger partial charge in [0.15, 0.2) is 6.61 Å². The van der Waals surface area contributed by atoms with Gasteiger partial charge in [0.05, 0.1) is 21.3 Å². The molecular formula is C18H19NO4S2. The molecule has 0 aliphatic rings. The van der Waals surface area contributed by atoms with Crippen molar-refractivity contribution in [3.8, 4) is 0 Å². The van der Waals surface area contributed by atoms with Crippen molar-refractivity contribution in [1.29, 1.82) is 0 Å². The van der Waals surface area contributed by atoms with Crippen LogP contribution in [0.15, 0.2) is 58.3 Å². The molecule has 25 heavy (non-hydrogen) atoms. The number of anilines is 1. The van der Waals surface area contributed by atoms with E-state index in [1.807, 2.05) is 18.4 Å². The fraction of sp³-hybridized carbons (Fsp3) is 0.222. The normalized spacial score (nSPS) is 11.6. The lowest BCUT2D eigenvalue weighted by atomic mass is 10.2. The highest BCUT2D eigenvalue weighted by atomic mass is 32.2. The molecule has 0 saturated carbocycles. The van der Waals surface area contributed by atoms with Crippen LogP contribution in [-0.2, 0) is 20.3 Å². The molecule has 0 bridgehead atoms. The first-order valence-corrected chi connectivity index (χ1v) is 10.2. The van der Waals surface area contributed by atoms with Crippen molar-refractivity contribution < 1.29 is 18.5 Å². The van der Waals surface area contributed by atoms with Gasteiger partial charge in [-0.3, -0.25) is 9.00 Å². The molecule has 2 aromatic carbocycles. The lowest BCUT2D eigenvalue weighted by molar-refractivity contribution is -0.119. The number of nitrogens with one attached hydrogen (secondary N) is 1. The first-order chi connectivity index (χ1) is 12.0. The third-order valence-electron chi connectivity index (χ3n) is 3.32. The van der Waals surface area contributed by atoms with E-state index < -0.39 is 29.3 Å². The van der Waals surface area contributed by atoms with Crippen molar-refractivity contribution in [2.45, 2.75) is 16.7 Å². The second kappa shape index (κ2) is 9.39. The van der Waals surface area contributed by atoms with E-state index in [1.165, 1.54) is 0 Å². The molecule has 0 saturated heterocycles. The van der Waals surface area contributed by atoms with Crippen LogP contribution in [0.4, 0.5) is 5.69 Å². The Hall–Kier alpha value is -2.12. The minimum atomic E-state index is -1.27. The number of carbonyl (C=O) groups excluding carboxylic acids is 2. The number of amides is 1. The Morgan fingerprint density at radius 3 is 2.44 bits per heavy atom. The van der Waals surface area contributed by atoms with E-state index in [4.69, 9.17) is 4.74 Å². The molecule has 0 aliphatic carbocycles. The Morgan fingerprint density at radius 1 is 1.12 bits per heavy atom. The summed E-state index contributed by atoms with van der Waals surface area (Å²) in [5, 5.41) is 2.66. The van der Waals surface area contributed by atoms with Gasteiger partial charge in [0.1, 0.15) is 0 Å². The molecule has 2 rings (SSSR count). The molecule has 0 radical (unpaired) electrons. The Bertz CT molecular complexity index is 775. The van der Waals surface area contributed by atoms with Crippen LogP contribution in [0.2, 0.25) is 0 Å². The number of hydrogen-bond donors (Lipinski definition) is 1. The summed E-state index contributed by atoms with van der Waals surface area (Å²) in [5.74, 6) is -0.693. The maximum Gasteiger partial charge on any atom is 0.339 e. The topological polar surface area (TPSA) is 72.5 Å². The van der Waals surface area contributed by atoms with Crippen molar-refractivity contribution in [3.63, 3.8) is 0 Å². The van der Waals surface area contributed by atoms with Crippen molar-refractivity contribution in [3.05, 3.63) is 54.1 Å². The Kier molecular flexibility index (Phi) is 7.21. The van der Waals surface area contributed by atoms with Crippen molar-refractivity contribution in [2.75, 3.05) is 23.9 Å². The standard InChI is InChI=1S/C18H19NO4S2/c1-3-25(22)16-7-5-4-6-15(16)18(21)23-12-17(20)19-13-8-10-14(24-2)11-9-13/h4-11H,3,12H2,1-2H3,(H,19,20). The summed E-state index contributed by atoms with van der Waals surface area (Å²) in [6.45, 7) is 1.37. The van der Waals surface area contributed by atoms with Crippen LogP contribution in [0.3, 0.4) is 0 Å². The molecule has 1 amide bonds. The smallest absolute Gasteiger partial charge is 0.339 e. The number of carbonyl (C=O) groups is 2. The highest BCUT2D eigenvalue weighted by Crippen LogP contribution is 2.18. The highest BCUT2D eigenvalue weighted by Gasteiger charge is 2.17. The summed E-state index contributed by atoms with van der Waals surface area (Å²) < 4.78 is 17.0. The molecule has 1 N–H and O–H groups in total. The van der Waals surface area contributed by atoms with Gasteiger partial charge in [-0.05, 0) is 42.7 Å². The molecule has 0 heterocycles. The van der Waals surface area contributed by atoms with Gasteiger partial charge in [0, 0.05) is 16.3 Å². The molecule has 7 heteroatoms. The zero-order valence-electron chi connectivity index (χ0n) is 14.0. The summed E-state index contributed by atoms with van der Waals surface area (Å²) >= 11 is 1.61. The number of rotatable bonds is 7. The van der Waals surface area contributed by atoms with Crippen LogP contribution >= 0.6 is 11.8 Å². The molecule has 1 atom stereocenters. The summed E-state index contributed by atoms with van der Waals surface area (Å²) in [4.78, 5) is 25.6. The minimum absolute atomic E-state index is 0.222. The average molecular weight is 377 g/mol. The molecule has 132 valence electrons. The van der Waals surface area contributed by atoms with Crippen LogP contribution in [-0.4, -0.2) is 34.7 Å². The second-order valence-electron chi connectivity index (χ2n) is 4.98. The molecule has 0 aromatic heterocycles. The Balaban J connectivity index is 1.95. The minimum Gasteiger partial charge on any atom is -0.452 e. The predicted octanol–water partition coefficient (Wildman–Crippen LogP) is 3.33. The van der Waals surface area contributed by atoms with Gasteiger partial charge in [-0.25, -0.2) is 4.79 Å². The fourth-order valence-electron chi connectivity index (χ4n) is 2.07. The predicted molar refractivity (Wildman–Crippen MR) is 101 cm³/mol. The second-order valence-corrected chi connectivity index (χ2v) is 7.57. The SMILES string of the molecule is CCS(=O)c1ccccc1C(=O)OCC(=O)Nc1ccc(SC)cc1. The monoisotopic (exact) mass is 377 g/mol. The summed E-state index contributed by atoms with van der Waals surface area (Å²) in [6, 6.07) is 13.9. The summed E-state index contributed by atoms with van der Waals surface area (Å²) in [5.41, 5.74) is 0.853. The third-order valence-corrected chi connectivity index (χ3v) is 5.44. The molecule has 0 fully saturated rings. The van der Waals surface area contributed by atoms with Crippen molar-refractivity contribution in [1.82, 2.24) is 0 Å².